The highest BCUT2D eigenvalue weighted by molar-refractivity contribution is 5.85. The minimum Gasteiger partial charge on any atom is -0.508 e. The lowest BCUT2D eigenvalue weighted by Crippen LogP contribution is -2.05. The summed E-state index contributed by atoms with van der Waals surface area (Å²) >= 11 is 0. The molecule has 74 valence electrons. The highest BCUT2D eigenvalue weighted by Crippen LogP contribution is 2.35. The van der Waals surface area contributed by atoms with E-state index in [1.165, 1.54) is 0 Å². The third kappa shape index (κ3) is 2.40. The van der Waals surface area contributed by atoms with Gasteiger partial charge in [-0.05, 0) is 6.92 Å². The Labute approximate surface area is 82.0 Å². The quantitative estimate of drug-likeness (QED) is 0.556. The first-order valence-corrected chi connectivity index (χ1v) is 3.52. The van der Waals surface area contributed by atoms with Crippen LogP contribution in [-0.4, -0.2) is 15.3 Å². The molecule has 4 nitrogen and oxygen atoms in total. The molecule has 0 aliphatic rings. The lowest BCUT2D eigenvalue weighted by Gasteiger charge is -2.10. The Balaban J connectivity index is 0.00000144. The fourth-order valence-corrected chi connectivity index (χ4v) is 1.08. The summed E-state index contributed by atoms with van der Waals surface area (Å²) in [6.45, 7) is 1.63. The first-order valence-electron chi connectivity index (χ1n) is 3.52. The van der Waals surface area contributed by atoms with Crippen LogP contribution in [0.1, 0.15) is 18.5 Å². The summed E-state index contributed by atoms with van der Waals surface area (Å²) in [5.41, 5.74) is 5.71. The van der Waals surface area contributed by atoms with Gasteiger partial charge in [0, 0.05) is 18.2 Å². The molecule has 0 aliphatic heterocycles. The van der Waals surface area contributed by atoms with E-state index in [-0.39, 0.29) is 35.2 Å². The van der Waals surface area contributed by atoms with Crippen LogP contribution < -0.4 is 5.73 Å². The van der Waals surface area contributed by atoms with Crippen LogP contribution in [0.2, 0.25) is 0 Å². The number of phenolic OH excluding ortho intramolecular Hbond substituents is 3. The van der Waals surface area contributed by atoms with Gasteiger partial charge >= 0.3 is 0 Å². The first kappa shape index (κ1) is 11.9. The summed E-state index contributed by atoms with van der Waals surface area (Å²) in [6.07, 6.45) is 0. The molecule has 0 bridgehead atoms. The van der Waals surface area contributed by atoms with Crippen LogP contribution in [0.15, 0.2) is 12.1 Å². The molecular weight excluding hydrogens is 194 g/mol. The Morgan fingerprint density at radius 3 is 1.85 bits per heavy atom. The minimum absolute atomic E-state index is 0. The second kappa shape index (κ2) is 4.20. The monoisotopic (exact) mass is 205 g/mol. The maximum Gasteiger partial charge on any atom is 0.127 e. The summed E-state index contributed by atoms with van der Waals surface area (Å²) in [6, 6.07) is 1.81. The van der Waals surface area contributed by atoms with Gasteiger partial charge in [0.15, 0.2) is 0 Å². The zero-order valence-electron chi connectivity index (χ0n) is 7.06. The van der Waals surface area contributed by atoms with E-state index in [2.05, 4.69) is 0 Å². The number of hydrogen-bond donors (Lipinski definition) is 4. The summed E-state index contributed by atoms with van der Waals surface area (Å²) in [4.78, 5) is 0. The molecule has 5 heteroatoms. The van der Waals surface area contributed by atoms with Gasteiger partial charge in [-0.25, -0.2) is 0 Å². The van der Waals surface area contributed by atoms with E-state index in [4.69, 9.17) is 10.8 Å². The molecule has 0 amide bonds. The van der Waals surface area contributed by atoms with Gasteiger partial charge in [-0.1, -0.05) is 0 Å². The van der Waals surface area contributed by atoms with Crippen LogP contribution in [0, 0.1) is 0 Å². The van der Waals surface area contributed by atoms with E-state index in [1.807, 2.05) is 0 Å². The third-order valence-corrected chi connectivity index (χ3v) is 1.58. The van der Waals surface area contributed by atoms with Gasteiger partial charge in [0.25, 0.3) is 0 Å². The molecule has 0 heterocycles. The number of halogens is 1. The molecule has 13 heavy (non-hydrogen) atoms. The van der Waals surface area contributed by atoms with E-state index in [0.29, 0.717) is 0 Å². The lowest BCUT2D eigenvalue weighted by molar-refractivity contribution is 0.414. The Morgan fingerprint density at radius 1 is 1.15 bits per heavy atom. The molecule has 1 aromatic carbocycles. The molecule has 0 fully saturated rings. The van der Waals surface area contributed by atoms with Crippen LogP contribution in [-0.2, 0) is 0 Å². The van der Waals surface area contributed by atoms with Gasteiger partial charge in [0.1, 0.15) is 17.2 Å². The van der Waals surface area contributed by atoms with Crippen molar-refractivity contribution in [1.82, 2.24) is 0 Å². The molecule has 0 aliphatic carbocycles. The minimum atomic E-state index is -0.467. The van der Waals surface area contributed by atoms with Crippen molar-refractivity contribution in [1.29, 1.82) is 0 Å². The Kier molecular flexibility index (Phi) is 3.84. The molecule has 1 aromatic rings. The van der Waals surface area contributed by atoms with Crippen molar-refractivity contribution in [3.63, 3.8) is 0 Å². The fraction of sp³-hybridized carbons (Fsp3) is 0.250. The number of benzene rings is 1. The molecule has 0 aromatic heterocycles. The Bertz CT molecular complexity index is 278. The Morgan fingerprint density at radius 2 is 1.54 bits per heavy atom. The van der Waals surface area contributed by atoms with E-state index >= 15 is 0 Å². The van der Waals surface area contributed by atoms with Crippen molar-refractivity contribution in [2.24, 2.45) is 5.73 Å². The normalized spacial score (nSPS) is 11.8. The van der Waals surface area contributed by atoms with Gasteiger partial charge in [-0.3, -0.25) is 0 Å². The van der Waals surface area contributed by atoms with Gasteiger partial charge in [-0.2, -0.15) is 0 Å². The number of rotatable bonds is 1. The number of hydrogen-bond acceptors (Lipinski definition) is 4. The van der Waals surface area contributed by atoms with Crippen molar-refractivity contribution in [3.8, 4) is 17.2 Å². The molecule has 0 spiro atoms. The lowest BCUT2D eigenvalue weighted by atomic mass is 10.1. The number of aromatic hydroxyl groups is 3. The topological polar surface area (TPSA) is 86.7 Å². The molecule has 1 rings (SSSR count). The zero-order chi connectivity index (χ0) is 9.30. The smallest absolute Gasteiger partial charge is 0.127 e. The van der Waals surface area contributed by atoms with Crippen LogP contribution in [0.5, 0.6) is 17.2 Å². The zero-order valence-corrected chi connectivity index (χ0v) is 7.88. The molecule has 0 radical (unpaired) electrons. The number of phenols is 3. The van der Waals surface area contributed by atoms with E-state index in [0.717, 1.165) is 12.1 Å². The highest BCUT2D eigenvalue weighted by Gasteiger charge is 2.12. The van der Waals surface area contributed by atoms with Gasteiger partial charge in [-0.15, -0.1) is 12.4 Å². The first-order chi connectivity index (χ1) is 5.52. The standard InChI is InChI=1S/C8H11NO3.ClH/c1-4(9)8-6(11)2-5(10)3-7(8)12;/h2-4,10-12H,9H2,1H3;1H/t4-;/m0./s1. The van der Waals surface area contributed by atoms with Crippen molar-refractivity contribution in [2.45, 2.75) is 13.0 Å². The van der Waals surface area contributed by atoms with Crippen LogP contribution in [0.3, 0.4) is 0 Å². The summed E-state index contributed by atoms with van der Waals surface area (Å²) < 4.78 is 0. The van der Waals surface area contributed by atoms with E-state index < -0.39 is 6.04 Å². The fourth-order valence-electron chi connectivity index (χ4n) is 1.08. The van der Waals surface area contributed by atoms with E-state index in [1.54, 1.807) is 6.92 Å². The second-order valence-corrected chi connectivity index (χ2v) is 2.69. The molecule has 0 unspecified atom stereocenters. The summed E-state index contributed by atoms with van der Waals surface area (Å²) in [5.74, 6) is -0.570. The second-order valence-electron chi connectivity index (χ2n) is 2.69. The average molecular weight is 206 g/mol. The van der Waals surface area contributed by atoms with Crippen molar-refractivity contribution in [2.75, 3.05) is 0 Å². The summed E-state index contributed by atoms with van der Waals surface area (Å²) in [5, 5.41) is 27.4. The molecule has 5 N–H and O–H groups in total. The number of nitrogens with two attached hydrogens (primary N) is 1. The molecule has 1 atom stereocenters. The van der Waals surface area contributed by atoms with Crippen LogP contribution in [0.25, 0.3) is 0 Å². The van der Waals surface area contributed by atoms with Crippen LogP contribution in [0.4, 0.5) is 0 Å². The molecule has 0 saturated heterocycles. The maximum absolute atomic E-state index is 9.24. The SMILES string of the molecule is C[C@H](N)c1c(O)cc(O)cc1O.Cl. The van der Waals surface area contributed by atoms with E-state index in [9.17, 15) is 10.2 Å². The van der Waals surface area contributed by atoms with Gasteiger partial charge < -0.3 is 21.1 Å². The molecular formula is C8H12ClNO3. The summed E-state index contributed by atoms with van der Waals surface area (Å²) in [7, 11) is 0. The largest absolute Gasteiger partial charge is 0.508 e. The Hall–Kier alpha value is -1.13. The van der Waals surface area contributed by atoms with Crippen LogP contribution >= 0.6 is 12.4 Å². The third-order valence-electron chi connectivity index (χ3n) is 1.58. The van der Waals surface area contributed by atoms with Gasteiger partial charge in [0.05, 0.1) is 5.56 Å². The molecule has 0 saturated carbocycles. The predicted molar refractivity (Wildman–Crippen MR) is 51.3 cm³/mol. The average Bonchev–Trinajstić information content (AvgIpc) is 1.82. The maximum atomic E-state index is 9.24. The van der Waals surface area contributed by atoms with Gasteiger partial charge in [0.2, 0.25) is 0 Å². The van der Waals surface area contributed by atoms with Crippen molar-refractivity contribution >= 4 is 12.4 Å². The van der Waals surface area contributed by atoms with Crippen molar-refractivity contribution < 1.29 is 15.3 Å². The van der Waals surface area contributed by atoms with Crippen molar-refractivity contribution in [3.05, 3.63) is 17.7 Å². The highest BCUT2D eigenvalue weighted by atomic mass is 35.5. The predicted octanol–water partition coefficient (Wildman–Crippen LogP) is 1.24.